The number of likely N-dealkylation sites (N-methyl/N-ethyl adjacent to an activating group) is 1. The van der Waals surface area contributed by atoms with Gasteiger partial charge in [0.2, 0.25) is 0 Å². The Bertz CT molecular complexity index is 530. The zero-order chi connectivity index (χ0) is 13.0. The number of nitrogens with one attached hydrogen (secondary N) is 1. The summed E-state index contributed by atoms with van der Waals surface area (Å²) in [6, 6.07) is 4.96. The lowest BCUT2D eigenvalue weighted by Gasteiger charge is -1.98. The minimum absolute atomic E-state index is 0.279. The average molecular weight is 330 g/mol. The van der Waals surface area contributed by atoms with E-state index in [9.17, 15) is 4.39 Å². The van der Waals surface area contributed by atoms with Gasteiger partial charge in [-0.2, -0.15) is 0 Å². The smallest absolute Gasteiger partial charge is 0.150 e. The third-order valence-corrected chi connectivity index (χ3v) is 3.90. The molecular weight excluding hydrogens is 317 g/mol. The molecule has 6 heteroatoms. The van der Waals surface area contributed by atoms with Crippen molar-refractivity contribution in [3.63, 3.8) is 0 Å². The molecule has 0 amide bonds. The average Bonchev–Trinajstić information content (AvgIpc) is 2.78. The normalized spacial score (nSPS) is 10.8. The number of aromatic nitrogens is 2. The first kappa shape index (κ1) is 13.6. The van der Waals surface area contributed by atoms with Crippen LogP contribution in [0, 0.1) is 5.82 Å². The second-order valence-electron chi connectivity index (χ2n) is 3.73. The van der Waals surface area contributed by atoms with Gasteiger partial charge in [0.05, 0.1) is 0 Å². The van der Waals surface area contributed by atoms with Gasteiger partial charge in [0.1, 0.15) is 10.8 Å². The van der Waals surface area contributed by atoms with E-state index in [0.717, 1.165) is 29.0 Å². The Labute approximate surface area is 118 Å². The van der Waals surface area contributed by atoms with E-state index in [2.05, 4.69) is 38.4 Å². The van der Waals surface area contributed by atoms with Gasteiger partial charge in [-0.1, -0.05) is 34.2 Å². The first-order valence-corrected chi connectivity index (χ1v) is 7.30. The van der Waals surface area contributed by atoms with E-state index in [0.29, 0.717) is 10.6 Å². The molecule has 1 N–H and O–H groups in total. The second-order valence-corrected chi connectivity index (χ2v) is 5.71. The molecule has 0 aliphatic carbocycles. The predicted octanol–water partition coefficient (Wildman–Crippen LogP) is 3.26. The van der Waals surface area contributed by atoms with Gasteiger partial charge in [0.15, 0.2) is 5.01 Å². The van der Waals surface area contributed by atoms with E-state index in [1.807, 2.05) is 0 Å². The van der Waals surface area contributed by atoms with Crippen LogP contribution in [0.15, 0.2) is 22.7 Å². The third-order valence-electron chi connectivity index (χ3n) is 2.39. The third kappa shape index (κ3) is 3.34. The molecular formula is C12H13BrFN3S. The number of rotatable bonds is 5. The molecule has 2 aromatic rings. The molecule has 0 fully saturated rings. The van der Waals surface area contributed by atoms with Gasteiger partial charge in [0.25, 0.3) is 0 Å². The standard InChI is InChI=1S/C12H13BrFN3S/c1-2-15-6-5-11-16-17-12(18-11)9-4-3-8(13)7-10(9)14/h3-4,7,15H,2,5-6H2,1H3. The van der Waals surface area contributed by atoms with Crippen LogP contribution in [0.3, 0.4) is 0 Å². The number of halogens is 2. The summed E-state index contributed by atoms with van der Waals surface area (Å²) >= 11 is 4.67. The Hall–Kier alpha value is -0.850. The van der Waals surface area contributed by atoms with E-state index in [4.69, 9.17) is 0 Å². The molecule has 18 heavy (non-hydrogen) atoms. The van der Waals surface area contributed by atoms with Crippen LogP contribution in [0.25, 0.3) is 10.6 Å². The Morgan fingerprint density at radius 2 is 2.22 bits per heavy atom. The largest absolute Gasteiger partial charge is 0.317 e. The molecule has 1 heterocycles. The van der Waals surface area contributed by atoms with Gasteiger partial charge in [-0.25, -0.2) is 4.39 Å². The molecule has 0 atom stereocenters. The van der Waals surface area contributed by atoms with E-state index in [1.54, 1.807) is 12.1 Å². The molecule has 0 saturated heterocycles. The molecule has 0 unspecified atom stereocenters. The van der Waals surface area contributed by atoms with Crippen molar-refractivity contribution in [1.29, 1.82) is 0 Å². The van der Waals surface area contributed by atoms with Crippen LogP contribution in [-0.4, -0.2) is 23.3 Å². The van der Waals surface area contributed by atoms with Crippen LogP contribution in [0.4, 0.5) is 4.39 Å². The number of hydrogen-bond donors (Lipinski definition) is 1. The molecule has 0 aliphatic heterocycles. The minimum Gasteiger partial charge on any atom is -0.317 e. The zero-order valence-electron chi connectivity index (χ0n) is 9.91. The van der Waals surface area contributed by atoms with Crippen LogP contribution < -0.4 is 5.32 Å². The summed E-state index contributed by atoms with van der Waals surface area (Å²) in [6.07, 6.45) is 0.823. The molecule has 3 nitrogen and oxygen atoms in total. The summed E-state index contributed by atoms with van der Waals surface area (Å²) < 4.78 is 14.5. The van der Waals surface area contributed by atoms with Crippen molar-refractivity contribution >= 4 is 27.3 Å². The molecule has 1 aromatic carbocycles. The van der Waals surface area contributed by atoms with Crippen molar-refractivity contribution in [1.82, 2.24) is 15.5 Å². The second kappa shape index (κ2) is 6.36. The lowest BCUT2D eigenvalue weighted by atomic mass is 10.2. The van der Waals surface area contributed by atoms with Gasteiger partial charge >= 0.3 is 0 Å². The van der Waals surface area contributed by atoms with Crippen LogP contribution in [-0.2, 0) is 6.42 Å². The summed E-state index contributed by atoms with van der Waals surface area (Å²) in [5.74, 6) is -0.279. The lowest BCUT2D eigenvalue weighted by molar-refractivity contribution is 0.630. The van der Waals surface area contributed by atoms with Crippen molar-refractivity contribution in [3.05, 3.63) is 33.5 Å². The Morgan fingerprint density at radius 3 is 2.94 bits per heavy atom. The fourth-order valence-electron chi connectivity index (χ4n) is 1.50. The van der Waals surface area contributed by atoms with Gasteiger partial charge in [-0.15, -0.1) is 10.2 Å². The van der Waals surface area contributed by atoms with E-state index < -0.39 is 0 Å². The molecule has 96 valence electrons. The zero-order valence-corrected chi connectivity index (χ0v) is 12.3. The number of hydrogen-bond acceptors (Lipinski definition) is 4. The lowest BCUT2D eigenvalue weighted by Crippen LogP contribution is -2.15. The van der Waals surface area contributed by atoms with E-state index in [-0.39, 0.29) is 5.82 Å². The van der Waals surface area contributed by atoms with Crippen molar-refractivity contribution in [2.24, 2.45) is 0 Å². The predicted molar refractivity (Wildman–Crippen MR) is 75.3 cm³/mol. The van der Waals surface area contributed by atoms with Crippen molar-refractivity contribution in [2.45, 2.75) is 13.3 Å². The summed E-state index contributed by atoms with van der Waals surface area (Å²) in [5.41, 5.74) is 0.505. The first-order valence-electron chi connectivity index (χ1n) is 5.69. The highest BCUT2D eigenvalue weighted by Gasteiger charge is 2.11. The van der Waals surface area contributed by atoms with Crippen molar-refractivity contribution < 1.29 is 4.39 Å². The van der Waals surface area contributed by atoms with Crippen LogP contribution >= 0.6 is 27.3 Å². The van der Waals surface area contributed by atoms with Crippen LogP contribution in [0.2, 0.25) is 0 Å². The molecule has 2 rings (SSSR count). The van der Waals surface area contributed by atoms with Crippen LogP contribution in [0.1, 0.15) is 11.9 Å². The maximum atomic E-state index is 13.7. The molecule has 0 saturated carbocycles. The minimum atomic E-state index is -0.279. The topological polar surface area (TPSA) is 37.8 Å². The van der Waals surface area contributed by atoms with Crippen LogP contribution in [0.5, 0.6) is 0 Å². The van der Waals surface area contributed by atoms with Gasteiger partial charge in [-0.3, -0.25) is 0 Å². The summed E-state index contributed by atoms with van der Waals surface area (Å²) in [4.78, 5) is 0. The SMILES string of the molecule is CCNCCc1nnc(-c2ccc(Br)cc2F)s1. The first-order chi connectivity index (χ1) is 8.70. The molecule has 0 bridgehead atoms. The van der Waals surface area contributed by atoms with Gasteiger partial charge in [0, 0.05) is 23.0 Å². The highest BCUT2D eigenvalue weighted by atomic mass is 79.9. The van der Waals surface area contributed by atoms with E-state index >= 15 is 0 Å². The summed E-state index contributed by atoms with van der Waals surface area (Å²) in [7, 11) is 0. The quantitative estimate of drug-likeness (QED) is 0.855. The highest BCUT2D eigenvalue weighted by Crippen LogP contribution is 2.28. The molecule has 0 spiro atoms. The number of benzene rings is 1. The summed E-state index contributed by atoms with van der Waals surface area (Å²) in [5, 5.41) is 12.9. The Kier molecular flexibility index (Phi) is 4.79. The fraction of sp³-hybridized carbons (Fsp3) is 0.333. The summed E-state index contributed by atoms with van der Waals surface area (Å²) in [6.45, 7) is 3.86. The maximum Gasteiger partial charge on any atom is 0.150 e. The molecule has 0 aliphatic rings. The monoisotopic (exact) mass is 329 g/mol. The Balaban J connectivity index is 2.13. The van der Waals surface area contributed by atoms with E-state index in [1.165, 1.54) is 17.4 Å². The fourth-order valence-corrected chi connectivity index (χ4v) is 2.70. The highest BCUT2D eigenvalue weighted by molar-refractivity contribution is 9.10. The number of nitrogens with zero attached hydrogens (tertiary/aromatic N) is 2. The molecule has 0 radical (unpaired) electrons. The van der Waals surface area contributed by atoms with Gasteiger partial charge in [-0.05, 0) is 24.7 Å². The maximum absolute atomic E-state index is 13.7. The van der Waals surface area contributed by atoms with Gasteiger partial charge < -0.3 is 5.32 Å². The van der Waals surface area contributed by atoms with Crippen molar-refractivity contribution in [3.8, 4) is 10.6 Å². The molecule has 1 aromatic heterocycles. The van der Waals surface area contributed by atoms with Crippen molar-refractivity contribution in [2.75, 3.05) is 13.1 Å². The Morgan fingerprint density at radius 1 is 1.39 bits per heavy atom.